The van der Waals surface area contributed by atoms with Crippen molar-refractivity contribution in [3.63, 3.8) is 0 Å². The molecule has 1 aromatic carbocycles. The summed E-state index contributed by atoms with van der Waals surface area (Å²) in [4.78, 5) is 26.7. The summed E-state index contributed by atoms with van der Waals surface area (Å²) in [5.41, 5.74) is 0.542. The van der Waals surface area contributed by atoms with E-state index in [2.05, 4.69) is 0 Å². The van der Waals surface area contributed by atoms with E-state index in [1.807, 2.05) is 0 Å². The molecule has 1 atom stereocenters. The zero-order chi connectivity index (χ0) is 12.0. The third kappa shape index (κ3) is 1.86. The van der Waals surface area contributed by atoms with Gasteiger partial charge in [-0.1, -0.05) is 11.6 Å². The van der Waals surface area contributed by atoms with Gasteiger partial charge in [0.25, 0.3) is 5.91 Å². The fourth-order valence-corrected chi connectivity index (χ4v) is 4.35. The van der Waals surface area contributed by atoms with Crippen molar-refractivity contribution >= 4 is 46.1 Å². The Labute approximate surface area is 112 Å². The van der Waals surface area contributed by atoms with Crippen LogP contribution >= 0.6 is 35.1 Å². The molecule has 3 nitrogen and oxygen atoms in total. The number of amides is 1. The lowest BCUT2D eigenvalue weighted by molar-refractivity contribution is -0.112. The molecule has 0 aromatic heterocycles. The van der Waals surface area contributed by atoms with Crippen LogP contribution in [0, 0.1) is 0 Å². The van der Waals surface area contributed by atoms with E-state index < -0.39 is 0 Å². The van der Waals surface area contributed by atoms with E-state index in [9.17, 15) is 9.59 Å². The predicted molar refractivity (Wildman–Crippen MR) is 69.6 cm³/mol. The molecule has 3 rings (SSSR count). The van der Waals surface area contributed by atoms with Crippen LogP contribution in [0.5, 0.6) is 0 Å². The van der Waals surface area contributed by atoms with E-state index in [1.165, 1.54) is 11.8 Å². The van der Waals surface area contributed by atoms with Crippen LogP contribution in [-0.2, 0) is 4.79 Å². The first-order valence-corrected chi connectivity index (χ1v) is 7.35. The van der Waals surface area contributed by atoms with E-state index in [1.54, 1.807) is 23.1 Å². The Bertz CT molecular complexity index is 520. The van der Waals surface area contributed by atoms with Crippen LogP contribution in [0.15, 0.2) is 23.1 Å². The summed E-state index contributed by atoms with van der Waals surface area (Å²) in [6.45, 7) is 0.631. The average Bonchev–Trinajstić information content (AvgIpc) is 2.76. The summed E-state index contributed by atoms with van der Waals surface area (Å²) in [5.74, 6) is 0.731. The Morgan fingerprint density at radius 2 is 2.18 bits per heavy atom. The summed E-state index contributed by atoms with van der Waals surface area (Å²) in [6.07, 6.45) is 0. The Morgan fingerprint density at radius 3 is 3.00 bits per heavy atom. The Kier molecular flexibility index (Phi) is 2.84. The molecule has 1 aromatic rings. The van der Waals surface area contributed by atoms with Crippen molar-refractivity contribution in [1.82, 2.24) is 4.90 Å². The number of rotatable bonds is 0. The molecule has 2 heterocycles. The highest BCUT2D eigenvalue weighted by molar-refractivity contribution is 8.16. The molecule has 0 spiro atoms. The van der Waals surface area contributed by atoms with Gasteiger partial charge >= 0.3 is 0 Å². The number of fused-ring (bicyclic) bond motifs is 2. The van der Waals surface area contributed by atoms with Gasteiger partial charge in [0.2, 0.25) is 5.12 Å². The highest BCUT2D eigenvalue weighted by atomic mass is 35.5. The maximum absolute atomic E-state index is 12.3. The van der Waals surface area contributed by atoms with Crippen LogP contribution in [0.1, 0.15) is 10.4 Å². The van der Waals surface area contributed by atoms with E-state index in [-0.39, 0.29) is 16.4 Å². The average molecular weight is 286 g/mol. The monoisotopic (exact) mass is 285 g/mol. The summed E-state index contributed by atoms with van der Waals surface area (Å²) in [5, 5.41) is 0.219. The minimum absolute atomic E-state index is 0.0296. The molecule has 2 aliphatic rings. The number of benzene rings is 1. The maximum Gasteiger partial charge on any atom is 0.256 e. The molecule has 0 aliphatic carbocycles. The predicted octanol–water partition coefficient (Wildman–Crippen LogP) is 2.49. The fraction of sp³-hybridized carbons (Fsp3) is 0.273. The van der Waals surface area contributed by atoms with Gasteiger partial charge in [0, 0.05) is 22.2 Å². The summed E-state index contributed by atoms with van der Waals surface area (Å²) in [6, 6.07) is 5.09. The Morgan fingerprint density at radius 1 is 1.35 bits per heavy atom. The molecule has 0 unspecified atom stereocenters. The maximum atomic E-state index is 12.3. The normalized spacial score (nSPS) is 23.4. The molecule has 2 aliphatic heterocycles. The lowest BCUT2D eigenvalue weighted by Gasteiger charge is -2.19. The van der Waals surface area contributed by atoms with Gasteiger partial charge in [0.15, 0.2) is 0 Å². The molecular formula is C11H8ClNO2S2. The first-order valence-electron chi connectivity index (χ1n) is 5.10. The SMILES string of the molecule is O=C1Sc2ccc(Cl)cc2C(=O)N2CCS[C@@H]12. The molecule has 6 heteroatoms. The molecule has 0 saturated carbocycles. The van der Waals surface area contributed by atoms with Gasteiger partial charge < -0.3 is 4.90 Å². The number of hydrogen-bond acceptors (Lipinski definition) is 4. The number of hydrogen-bond donors (Lipinski definition) is 0. The van der Waals surface area contributed by atoms with Crippen LogP contribution in [-0.4, -0.2) is 33.6 Å². The number of carbonyl (C=O) groups is 2. The minimum atomic E-state index is -0.335. The van der Waals surface area contributed by atoms with Gasteiger partial charge in [-0.25, -0.2) is 0 Å². The van der Waals surface area contributed by atoms with Crippen LogP contribution in [0.2, 0.25) is 5.02 Å². The minimum Gasteiger partial charge on any atom is -0.318 e. The van der Waals surface area contributed by atoms with E-state index in [0.29, 0.717) is 22.0 Å². The van der Waals surface area contributed by atoms with Crippen LogP contribution < -0.4 is 0 Å². The molecule has 1 amide bonds. The highest BCUT2D eigenvalue weighted by Crippen LogP contribution is 2.38. The quantitative estimate of drug-likeness (QED) is 0.734. The fourth-order valence-electron chi connectivity index (χ4n) is 1.95. The van der Waals surface area contributed by atoms with Gasteiger partial charge in [-0.05, 0) is 30.0 Å². The molecular weight excluding hydrogens is 278 g/mol. The Balaban J connectivity index is 2.12. The van der Waals surface area contributed by atoms with Crippen molar-refractivity contribution in [2.75, 3.05) is 12.3 Å². The van der Waals surface area contributed by atoms with Crippen LogP contribution in [0.25, 0.3) is 0 Å². The number of thioether (sulfide) groups is 2. The van der Waals surface area contributed by atoms with Crippen molar-refractivity contribution < 1.29 is 9.59 Å². The van der Waals surface area contributed by atoms with Gasteiger partial charge in [0.05, 0.1) is 5.56 Å². The number of nitrogens with zero attached hydrogens (tertiary/aromatic N) is 1. The molecule has 88 valence electrons. The number of halogens is 1. The summed E-state index contributed by atoms with van der Waals surface area (Å²) in [7, 11) is 0. The lowest BCUT2D eigenvalue weighted by Crippen LogP contribution is -2.36. The molecule has 0 bridgehead atoms. The van der Waals surface area contributed by atoms with E-state index >= 15 is 0 Å². The van der Waals surface area contributed by atoms with Crippen LogP contribution in [0.3, 0.4) is 0 Å². The van der Waals surface area contributed by atoms with Gasteiger partial charge in [-0.15, -0.1) is 11.8 Å². The van der Waals surface area contributed by atoms with Crippen molar-refractivity contribution in [3.8, 4) is 0 Å². The van der Waals surface area contributed by atoms with Crippen molar-refractivity contribution in [2.45, 2.75) is 10.3 Å². The van der Waals surface area contributed by atoms with Crippen LogP contribution in [0.4, 0.5) is 0 Å². The lowest BCUT2D eigenvalue weighted by atomic mass is 10.2. The standard InChI is InChI=1S/C11H8ClNO2S2/c12-6-1-2-8-7(5-6)9(14)13-3-4-16-10(13)11(15)17-8/h1-2,5,10H,3-4H2/t10-/m0/s1. The van der Waals surface area contributed by atoms with Crippen molar-refractivity contribution in [2.24, 2.45) is 0 Å². The molecule has 1 saturated heterocycles. The molecule has 0 N–H and O–H groups in total. The second-order valence-electron chi connectivity index (χ2n) is 3.78. The third-order valence-corrected chi connectivity index (χ3v) is 5.32. The Hall–Kier alpha value is -0.650. The largest absolute Gasteiger partial charge is 0.318 e. The van der Waals surface area contributed by atoms with Crippen molar-refractivity contribution in [3.05, 3.63) is 28.8 Å². The highest BCUT2D eigenvalue weighted by Gasteiger charge is 2.39. The van der Waals surface area contributed by atoms with E-state index in [4.69, 9.17) is 11.6 Å². The zero-order valence-electron chi connectivity index (χ0n) is 8.68. The topological polar surface area (TPSA) is 37.4 Å². The number of carbonyl (C=O) groups excluding carboxylic acids is 2. The van der Waals surface area contributed by atoms with E-state index in [0.717, 1.165) is 17.5 Å². The van der Waals surface area contributed by atoms with Gasteiger partial charge in [-0.3, -0.25) is 9.59 Å². The van der Waals surface area contributed by atoms with Crippen molar-refractivity contribution in [1.29, 1.82) is 0 Å². The first-order chi connectivity index (χ1) is 8.16. The first kappa shape index (κ1) is 11.4. The van der Waals surface area contributed by atoms with Gasteiger partial charge in [0.1, 0.15) is 5.37 Å². The second-order valence-corrected chi connectivity index (χ2v) is 6.45. The smallest absolute Gasteiger partial charge is 0.256 e. The molecule has 1 fully saturated rings. The molecule has 17 heavy (non-hydrogen) atoms. The summed E-state index contributed by atoms with van der Waals surface area (Å²) < 4.78 is 0. The second kappa shape index (κ2) is 4.23. The summed E-state index contributed by atoms with van der Waals surface area (Å²) >= 11 is 8.57. The molecule has 0 radical (unpaired) electrons. The zero-order valence-corrected chi connectivity index (χ0v) is 11.1. The third-order valence-electron chi connectivity index (χ3n) is 2.74. The van der Waals surface area contributed by atoms with Gasteiger partial charge in [-0.2, -0.15) is 0 Å².